The lowest BCUT2D eigenvalue weighted by atomic mass is 9.90. The topological polar surface area (TPSA) is 88.2 Å². The van der Waals surface area contributed by atoms with E-state index in [0.29, 0.717) is 37.9 Å². The number of nitrogens with zero attached hydrogens (tertiary/aromatic N) is 4. The van der Waals surface area contributed by atoms with Crippen LogP contribution in [0, 0.1) is 0 Å². The molecular formula is C25H21F3N4O4S. The summed E-state index contributed by atoms with van der Waals surface area (Å²) in [6.07, 6.45) is 3.96. The van der Waals surface area contributed by atoms with Crippen molar-refractivity contribution in [1.82, 2.24) is 18.7 Å². The Bertz CT molecular complexity index is 1620. The molecule has 1 aromatic carbocycles. The lowest BCUT2D eigenvalue weighted by Gasteiger charge is -2.30. The van der Waals surface area contributed by atoms with Crippen LogP contribution >= 0.6 is 0 Å². The minimum absolute atomic E-state index is 0.0344. The lowest BCUT2D eigenvalue weighted by Crippen LogP contribution is -2.31. The van der Waals surface area contributed by atoms with E-state index < -0.39 is 22.1 Å². The maximum Gasteiger partial charge on any atom is 0.504 e. The Morgan fingerprint density at radius 3 is 2.41 bits per heavy atom. The van der Waals surface area contributed by atoms with Crippen molar-refractivity contribution in [2.24, 2.45) is 0 Å². The van der Waals surface area contributed by atoms with E-state index in [1.807, 2.05) is 6.08 Å². The monoisotopic (exact) mass is 530 g/mol. The summed E-state index contributed by atoms with van der Waals surface area (Å²) in [4.78, 5) is 4.50. The van der Waals surface area contributed by atoms with Crippen LogP contribution in [-0.2, 0) is 25.8 Å². The molecular weight excluding hydrogens is 509 g/mol. The molecule has 1 aliphatic carbocycles. The maximum atomic E-state index is 13.5. The average Bonchev–Trinajstić information content (AvgIpc) is 3.63. The highest BCUT2D eigenvalue weighted by atomic mass is 32.2. The third kappa shape index (κ3) is 4.14. The molecule has 0 bridgehead atoms. The second-order valence-corrected chi connectivity index (χ2v) is 10.7. The predicted molar refractivity (Wildman–Crippen MR) is 128 cm³/mol. The molecule has 4 aromatic rings. The summed E-state index contributed by atoms with van der Waals surface area (Å²) in [5, 5.41) is 3.82. The third-order valence-electron chi connectivity index (χ3n) is 6.68. The van der Waals surface area contributed by atoms with Gasteiger partial charge in [0.15, 0.2) is 11.4 Å². The van der Waals surface area contributed by atoms with Crippen molar-refractivity contribution in [2.75, 3.05) is 13.2 Å². The fourth-order valence-corrected chi connectivity index (χ4v) is 6.15. The number of alkyl halides is 3. The molecule has 3 aromatic heterocycles. The molecule has 0 N–H and O–H groups in total. The van der Waals surface area contributed by atoms with Gasteiger partial charge in [-0.1, -0.05) is 24.3 Å². The summed E-state index contributed by atoms with van der Waals surface area (Å²) in [5.41, 5.74) is 2.23. The van der Waals surface area contributed by atoms with Gasteiger partial charge in [-0.15, -0.1) is 13.2 Å². The van der Waals surface area contributed by atoms with Crippen molar-refractivity contribution >= 4 is 26.6 Å². The molecule has 0 unspecified atom stereocenters. The van der Waals surface area contributed by atoms with Gasteiger partial charge in [-0.05, 0) is 35.8 Å². The minimum atomic E-state index is -4.70. The molecule has 0 atom stereocenters. The summed E-state index contributed by atoms with van der Waals surface area (Å²) >= 11 is 0. The van der Waals surface area contributed by atoms with E-state index >= 15 is 0 Å². The summed E-state index contributed by atoms with van der Waals surface area (Å²) < 4.78 is 79.1. The van der Waals surface area contributed by atoms with E-state index in [1.54, 1.807) is 30.5 Å². The van der Waals surface area contributed by atoms with Crippen LogP contribution in [0.4, 0.5) is 13.2 Å². The Balaban J connectivity index is 1.49. The number of fused-ring (bicyclic) bond motifs is 1. The van der Waals surface area contributed by atoms with Gasteiger partial charge in [-0.3, -0.25) is 0 Å². The van der Waals surface area contributed by atoms with E-state index in [-0.39, 0.29) is 26.4 Å². The fraction of sp³-hybridized carbons (Fsp3) is 0.280. The van der Waals surface area contributed by atoms with Crippen molar-refractivity contribution in [3.63, 3.8) is 0 Å². The largest absolute Gasteiger partial charge is 0.504 e. The lowest BCUT2D eigenvalue weighted by molar-refractivity contribution is -0.212. The molecule has 12 heteroatoms. The second kappa shape index (κ2) is 8.54. The van der Waals surface area contributed by atoms with Crippen LogP contribution in [0.5, 0.6) is 0 Å². The summed E-state index contributed by atoms with van der Waals surface area (Å²) in [6, 6.07) is 9.55. The van der Waals surface area contributed by atoms with Gasteiger partial charge in [-0.2, -0.15) is 9.78 Å². The Kier molecular flexibility index (Phi) is 5.51. The normalized spacial score (nSPS) is 18.0. The number of allylic oxidation sites excluding steroid dienone is 1. The number of aromatic nitrogens is 4. The quantitative estimate of drug-likeness (QED) is 0.372. The number of hydrogen-bond donors (Lipinski definition) is 0. The minimum Gasteiger partial charge on any atom is -0.347 e. The highest BCUT2D eigenvalue weighted by Crippen LogP contribution is 2.40. The van der Waals surface area contributed by atoms with Gasteiger partial charge in [0.2, 0.25) is 0 Å². The van der Waals surface area contributed by atoms with Crippen molar-refractivity contribution < 1.29 is 31.1 Å². The van der Waals surface area contributed by atoms with Crippen LogP contribution < -0.4 is 0 Å². The van der Waals surface area contributed by atoms with Crippen molar-refractivity contribution in [3.8, 4) is 11.1 Å². The molecule has 0 saturated carbocycles. The van der Waals surface area contributed by atoms with Crippen LogP contribution in [0.1, 0.15) is 24.8 Å². The predicted octanol–water partition coefficient (Wildman–Crippen LogP) is 4.92. The number of halogens is 3. The molecule has 1 fully saturated rings. The van der Waals surface area contributed by atoms with E-state index in [9.17, 15) is 21.6 Å². The second-order valence-electron chi connectivity index (χ2n) is 8.93. The van der Waals surface area contributed by atoms with E-state index in [0.717, 1.165) is 27.5 Å². The molecule has 1 saturated heterocycles. The van der Waals surface area contributed by atoms with Crippen LogP contribution in [0.3, 0.4) is 0 Å². The SMILES string of the molecule is O=S(=O)(c1ccccc1)n1cc(-c2cnn(C(F)(F)F)c2)c2cc(C3=CCC4(CC3)OCCO4)cnc21. The molecule has 0 amide bonds. The zero-order chi connectivity index (χ0) is 25.8. The van der Waals surface area contributed by atoms with Gasteiger partial charge in [-0.25, -0.2) is 17.4 Å². The first-order valence-corrected chi connectivity index (χ1v) is 13.0. The molecule has 8 nitrogen and oxygen atoms in total. The average molecular weight is 531 g/mol. The van der Waals surface area contributed by atoms with E-state index in [2.05, 4.69) is 10.1 Å². The number of pyridine rings is 1. The zero-order valence-electron chi connectivity index (χ0n) is 19.4. The van der Waals surface area contributed by atoms with Crippen molar-refractivity contribution in [2.45, 2.75) is 36.2 Å². The maximum absolute atomic E-state index is 13.5. The fourth-order valence-electron chi connectivity index (χ4n) is 4.80. The summed E-state index contributed by atoms with van der Waals surface area (Å²) in [7, 11) is -4.07. The smallest absolute Gasteiger partial charge is 0.347 e. The molecule has 4 heterocycles. The van der Waals surface area contributed by atoms with Crippen LogP contribution in [0.2, 0.25) is 0 Å². The van der Waals surface area contributed by atoms with Gasteiger partial charge in [0.05, 0.1) is 24.3 Å². The molecule has 1 spiro atoms. The standard InChI is InChI=1S/C25H21F3N4O4S/c26-25(27,28)32-15-19(14-30-32)22-16-31(37(33,34)20-4-2-1-3-5-20)23-21(22)12-18(13-29-23)17-6-8-24(9-7-17)35-10-11-36-24/h1-6,12-16H,7-11H2. The molecule has 1 aliphatic heterocycles. The van der Waals surface area contributed by atoms with Crippen molar-refractivity contribution in [3.05, 3.63) is 72.8 Å². The van der Waals surface area contributed by atoms with Crippen LogP contribution in [-0.4, -0.2) is 46.2 Å². The van der Waals surface area contributed by atoms with Gasteiger partial charge in [0.1, 0.15) is 0 Å². The van der Waals surface area contributed by atoms with Gasteiger partial charge in [0, 0.05) is 47.9 Å². The summed E-state index contributed by atoms with van der Waals surface area (Å²) in [6.45, 7) is 1.10. The first-order valence-electron chi connectivity index (χ1n) is 11.6. The Hall–Kier alpha value is -3.48. The third-order valence-corrected chi connectivity index (χ3v) is 8.35. The molecule has 37 heavy (non-hydrogen) atoms. The Morgan fingerprint density at radius 2 is 1.76 bits per heavy atom. The first-order chi connectivity index (χ1) is 17.7. The number of hydrogen-bond acceptors (Lipinski definition) is 6. The number of ether oxygens (including phenoxy) is 2. The molecule has 192 valence electrons. The highest BCUT2D eigenvalue weighted by molar-refractivity contribution is 7.90. The van der Waals surface area contributed by atoms with E-state index in [1.165, 1.54) is 18.3 Å². The van der Waals surface area contributed by atoms with Gasteiger partial charge >= 0.3 is 6.30 Å². The number of benzene rings is 1. The number of rotatable bonds is 4. The highest BCUT2D eigenvalue weighted by Gasteiger charge is 2.38. The summed E-state index contributed by atoms with van der Waals surface area (Å²) in [5.74, 6) is -0.606. The molecule has 2 aliphatic rings. The zero-order valence-corrected chi connectivity index (χ0v) is 20.2. The van der Waals surface area contributed by atoms with Crippen LogP contribution in [0.15, 0.2) is 72.2 Å². The first kappa shape index (κ1) is 23.9. The van der Waals surface area contributed by atoms with Crippen LogP contribution in [0.25, 0.3) is 27.7 Å². The molecule has 6 rings (SSSR count). The Labute approximate surface area is 210 Å². The van der Waals surface area contributed by atoms with Gasteiger partial charge < -0.3 is 9.47 Å². The van der Waals surface area contributed by atoms with Gasteiger partial charge in [0.25, 0.3) is 10.0 Å². The molecule has 0 radical (unpaired) electrons. The van der Waals surface area contributed by atoms with E-state index in [4.69, 9.17) is 9.47 Å². The Morgan fingerprint density at radius 1 is 1.00 bits per heavy atom. The van der Waals surface area contributed by atoms with Crippen molar-refractivity contribution in [1.29, 1.82) is 0 Å².